The molecule has 0 fully saturated rings. The lowest BCUT2D eigenvalue weighted by Gasteiger charge is -2.28. The molecule has 0 aliphatic rings. The highest BCUT2D eigenvalue weighted by molar-refractivity contribution is 5.87. The molecular formula is C28H35N3O4. The number of ether oxygens (including phenoxy) is 1. The Morgan fingerprint density at radius 3 is 2.34 bits per heavy atom. The lowest BCUT2D eigenvalue weighted by molar-refractivity contribution is -0.146. The van der Waals surface area contributed by atoms with E-state index in [4.69, 9.17) is 4.74 Å². The molecule has 0 aliphatic heterocycles. The summed E-state index contributed by atoms with van der Waals surface area (Å²) < 4.78 is 4.93. The molecule has 0 atom stereocenters. The number of carbonyl (C=O) groups excluding carboxylic acids is 3. The third-order valence-corrected chi connectivity index (χ3v) is 5.92. The van der Waals surface area contributed by atoms with Crippen molar-refractivity contribution in [3.8, 4) is 0 Å². The van der Waals surface area contributed by atoms with Crippen molar-refractivity contribution in [2.75, 3.05) is 26.2 Å². The van der Waals surface area contributed by atoms with Gasteiger partial charge in [0.2, 0.25) is 11.8 Å². The first kappa shape index (κ1) is 26.0. The molecule has 1 heterocycles. The van der Waals surface area contributed by atoms with Crippen LogP contribution < -0.4 is 0 Å². The summed E-state index contributed by atoms with van der Waals surface area (Å²) in [4.78, 5) is 44.6. The molecule has 0 bridgehead atoms. The van der Waals surface area contributed by atoms with Crippen molar-refractivity contribution in [2.45, 2.75) is 46.1 Å². The van der Waals surface area contributed by atoms with Gasteiger partial charge in [-0.15, -0.1) is 0 Å². The summed E-state index contributed by atoms with van der Waals surface area (Å²) in [6, 6.07) is 18.0. The maximum absolute atomic E-state index is 13.4. The standard InChI is InChI=1S/C28H35N3O4/c1-3-17-30(26(32)14-15-28(34)35-4-2)21-27(33)31(20-22-10-6-5-7-11-22)18-16-23-19-29-25-13-9-8-12-24(23)25/h5-13,19,29H,3-4,14-18,20-21H2,1-2H3. The molecule has 7 heteroatoms. The van der Waals surface area contributed by atoms with Crippen molar-refractivity contribution in [3.63, 3.8) is 0 Å². The van der Waals surface area contributed by atoms with Gasteiger partial charge in [-0.2, -0.15) is 0 Å². The van der Waals surface area contributed by atoms with E-state index in [1.54, 1.807) is 11.8 Å². The van der Waals surface area contributed by atoms with Gasteiger partial charge in [-0.25, -0.2) is 0 Å². The molecule has 0 saturated carbocycles. The number of carbonyl (C=O) groups is 3. The van der Waals surface area contributed by atoms with Crippen LogP contribution in [0.1, 0.15) is 44.2 Å². The number of aromatic nitrogens is 1. The Balaban J connectivity index is 1.70. The molecule has 1 N–H and O–H groups in total. The largest absolute Gasteiger partial charge is 0.466 e. The number of amides is 2. The summed E-state index contributed by atoms with van der Waals surface area (Å²) >= 11 is 0. The van der Waals surface area contributed by atoms with E-state index in [9.17, 15) is 14.4 Å². The molecular weight excluding hydrogens is 442 g/mol. The third-order valence-electron chi connectivity index (χ3n) is 5.92. The first-order valence-electron chi connectivity index (χ1n) is 12.3. The molecule has 35 heavy (non-hydrogen) atoms. The lowest BCUT2D eigenvalue weighted by Crippen LogP contribution is -2.43. The first-order valence-corrected chi connectivity index (χ1v) is 12.3. The predicted octanol–water partition coefficient (Wildman–Crippen LogP) is 4.32. The van der Waals surface area contributed by atoms with Crippen molar-refractivity contribution in [1.82, 2.24) is 14.8 Å². The van der Waals surface area contributed by atoms with E-state index in [1.807, 2.05) is 66.6 Å². The van der Waals surface area contributed by atoms with Gasteiger partial charge in [0.15, 0.2) is 0 Å². The van der Waals surface area contributed by atoms with Crippen LogP contribution in [0.25, 0.3) is 10.9 Å². The zero-order valence-electron chi connectivity index (χ0n) is 20.7. The van der Waals surface area contributed by atoms with Crippen molar-refractivity contribution < 1.29 is 19.1 Å². The number of aromatic amines is 1. The smallest absolute Gasteiger partial charge is 0.306 e. The Kier molecular flexibility index (Phi) is 9.90. The monoisotopic (exact) mass is 477 g/mol. The Morgan fingerprint density at radius 2 is 1.60 bits per heavy atom. The van der Waals surface area contributed by atoms with E-state index in [0.29, 0.717) is 26.1 Å². The van der Waals surface area contributed by atoms with Crippen LogP contribution in [-0.2, 0) is 32.1 Å². The van der Waals surface area contributed by atoms with Gasteiger partial charge in [-0.1, -0.05) is 55.5 Å². The summed E-state index contributed by atoms with van der Waals surface area (Å²) in [5.74, 6) is -0.704. The number of hydrogen-bond acceptors (Lipinski definition) is 4. The summed E-state index contributed by atoms with van der Waals surface area (Å²) in [5, 5.41) is 1.15. The van der Waals surface area contributed by atoms with Crippen LogP contribution in [-0.4, -0.2) is 58.8 Å². The van der Waals surface area contributed by atoms with Crippen LogP contribution >= 0.6 is 0 Å². The number of rotatable bonds is 13. The number of fused-ring (bicyclic) bond motifs is 1. The summed E-state index contributed by atoms with van der Waals surface area (Å²) in [7, 11) is 0. The second kappa shape index (κ2) is 13.3. The normalized spacial score (nSPS) is 10.8. The minimum atomic E-state index is -0.395. The fourth-order valence-electron chi connectivity index (χ4n) is 4.11. The third kappa shape index (κ3) is 7.70. The first-order chi connectivity index (χ1) is 17.0. The Labute approximate surface area is 207 Å². The molecule has 2 amide bonds. The predicted molar refractivity (Wildman–Crippen MR) is 137 cm³/mol. The van der Waals surface area contributed by atoms with Gasteiger partial charge in [0.25, 0.3) is 0 Å². The molecule has 0 saturated heterocycles. The van der Waals surface area contributed by atoms with Crippen LogP contribution in [0.4, 0.5) is 0 Å². The summed E-state index contributed by atoms with van der Waals surface area (Å²) in [5.41, 5.74) is 3.27. The van der Waals surface area contributed by atoms with Gasteiger partial charge >= 0.3 is 5.97 Å². The van der Waals surface area contributed by atoms with Crippen LogP contribution in [0.5, 0.6) is 0 Å². The van der Waals surface area contributed by atoms with E-state index >= 15 is 0 Å². The van der Waals surface area contributed by atoms with E-state index in [-0.39, 0.29) is 37.8 Å². The zero-order valence-corrected chi connectivity index (χ0v) is 20.7. The van der Waals surface area contributed by atoms with Gasteiger partial charge in [-0.3, -0.25) is 14.4 Å². The number of nitrogens with one attached hydrogen (secondary N) is 1. The van der Waals surface area contributed by atoms with E-state index < -0.39 is 5.97 Å². The molecule has 3 rings (SSSR count). The fraction of sp³-hybridized carbons (Fsp3) is 0.393. The molecule has 1 aromatic heterocycles. The van der Waals surface area contributed by atoms with Crippen LogP contribution in [0.3, 0.4) is 0 Å². The zero-order chi connectivity index (χ0) is 25.0. The average Bonchev–Trinajstić information content (AvgIpc) is 3.28. The molecule has 7 nitrogen and oxygen atoms in total. The maximum atomic E-state index is 13.4. The Bertz CT molecular complexity index is 1110. The number of H-pyrrole nitrogens is 1. The van der Waals surface area contributed by atoms with Crippen LogP contribution in [0, 0.1) is 0 Å². The minimum absolute atomic E-state index is 0.00375. The van der Waals surface area contributed by atoms with Gasteiger partial charge in [0.1, 0.15) is 0 Å². The topological polar surface area (TPSA) is 82.7 Å². The Hall–Kier alpha value is -3.61. The minimum Gasteiger partial charge on any atom is -0.466 e. The van der Waals surface area contributed by atoms with Crippen LogP contribution in [0.2, 0.25) is 0 Å². The number of para-hydroxylation sites is 1. The number of esters is 1. The van der Waals surface area contributed by atoms with Crippen molar-refractivity contribution in [3.05, 3.63) is 71.9 Å². The van der Waals surface area contributed by atoms with E-state index in [1.165, 1.54) is 0 Å². The second-order valence-electron chi connectivity index (χ2n) is 8.53. The average molecular weight is 478 g/mol. The Morgan fingerprint density at radius 1 is 0.857 bits per heavy atom. The van der Waals surface area contributed by atoms with E-state index in [2.05, 4.69) is 11.1 Å². The highest BCUT2D eigenvalue weighted by Crippen LogP contribution is 2.19. The summed E-state index contributed by atoms with van der Waals surface area (Å²) in [6.07, 6.45) is 3.49. The molecule has 3 aromatic rings. The van der Waals surface area contributed by atoms with Gasteiger partial charge < -0.3 is 19.5 Å². The van der Waals surface area contributed by atoms with Gasteiger partial charge in [0, 0.05) is 43.2 Å². The second-order valence-corrected chi connectivity index (χ2v) is 8.53. The molecule has 186 valence electrons. The molecule has 0 aliphatic carbocycles. The van der Waals surface area contributed by atoms with Crippen molar-refractivity contribution in [2.24, 2.45) is 0 Å². The van der Waals surface area contributed by atoms with Crippen LogP contribution in [0.15, 0.2) is 60.8 Å². The molecule has 0 unspecified atom stereocenters. The number of nitrogens with zero attached hydrogens (tertiary/aromatic N) is 2. The van der Waals surface area contributed by atoms with Crippen molar-refractivity contribution in [1.29, 1.82) is 0 Å². The fourth-order valence-corrected chi connectivity index (χ4v) is 4.11. The number of hydrogen-bond donors (Lipinski definition) is 1. The highest BCUT2D eigenvalue weighted by atomic mass is 16.5. The number of benzene rings is 2. The quantitative estimate of drug-likeness (QED) is 0.372. The maximum Gasteiger partial charge on any atom is 0.306 e. The van der Waals surface area contributed by atoms with Gasteiger partial charge in [0.05, 0.1) is 19.6 Å². The molecule has 2 aromatic carbocycles. The SMILES string of the molecule is CCCN(CC(=O)N(CCc1c[nH]c2ccccc12)Cc1ccccc1)C(=O)CCC(=O)OCC. The van der Waals surface area contributed by atoms with Gasteiger partial charge in [-0.05, 0) is 37.0 Å². The van der Waals surface area contributed by atoms with E-state index in [0.717, 1.165) is 28.5 Å². The molecule has 0 spiro atoms. The highest BCUT2D eigenvalue weighted by Gasteiger charge is 2.22. The molecule has 0 radical (unpaired) electrons. The summed E-state index contributed by atoms with van der Waals surface area (Å²) in [6.45, 7) is 5.46. The lowest BCUT2D eigenvalue weighted by atomic mass is 10.1. The van der Waals surface area contributed by atoms with Crippen molar-refractivity contribution >= 4 is 28.7 Å².